The molecular formula is C19H23N3OS. The molecule has 0 radical (unpaired) electrons. The lowest BCUT2D eigenvalue weighted by Crippen LogP contribution is -2.36. The van der Waals surface area contributed by atoms with Crippen molar-refractivity contribution in [2.45, 2.75) is 44.0 Å². The van der Waals surface area contributed by atoms with Crippen LogP contribution in [-0.2, 0) is 11.2 Å². The highest BCUT2D eigenvalue weighted by Gasteiger charge is 2.25. The smallest absolute Gasteiger partial charge is 0.271 e. The van der Waals surface area contributed by atoms with Crippen molar-refractivity contribution < 1.29 is 6.22 Å². The number of pyridine rings is 1. The number of thiol groups is 1. The SMILES string of the molecule is Cc1cc(C)c(S)c(C(=N)C(=O)NC2CCCc3ccccc32)n1.[HH]. The average Bonchev–Trinajstić information content (AvgIpc) is 2.57. The van der Waals surface area contributed by atoms with Gasteiger partial charge in [0.1, 0.15) is 11.4 Å². The molecule has 0 spiro atoms. The average molecular weight is 341 g/mol. The van der Waals surface area contributed by atoms with E-state index >= 15 is 0 Å². The van der Waals surface area contributed by atoms with Crippen LogP contribution in [0.4, 0.5) is 0 Å². The largest absolute Gasteiger partial charge is 0.344 e. The number of benzene rings is 1. The van der Waals surface area contributed by atoms with Crippen LogP contribution in [0, 0.1) is 19.3 Å². The molecule has 2 N–H and O–H groups in total. The highest BCUT2D eigenvalue weighted by molar-refractivity contribution is 7.80. The number of amides is 1. The second-order valence-electron chi connectivity index (χ2n) is 6.27. The number of carbonyl (C=O) groups is 1. The monoisotopic (exact) mass is 341 g/mol. The predicted molar refractivity (Wildman–Crippen MR) is 100 cm³/mol. The molecule has 2 aromatic rings. The summed E-state index contributed by atoms with van der Waals surface area (Å²) < 4.78 is 0. The van der Waals surface area contributed by atoms with Crippen molar-refractivity contribution in [2.24, 2.45) is 0 Å². The maximum atomic E-state index is 12.6. The molecule has 1 atom stereocenters. The minimum atomic E-state index is -0.399. The van der Waals surface area contributed by atoms with Gasteiger partial charge in [-0.25, -0.2) is 0 Å². The zero-order valence-corrected chi connectivity index (χ0v) is 14.8. The molecule has 1 aliphatic carbocycles. The standard InChI is InChI=1S/C19H21N3OS.H2/c1-11-10-12(2)21-17(18(11)24)16(20)19(23)22-15-9-5-7-13-6-3-4-8-14(13)15;/h3-4,6,8,10,15,20,24H,5,7,9H2,1-2H3,(H,22,23);1H. The Hall–Kier alpha value is -2.14. The Labute approximate surface area is 149 Å². The molecular weight excluding hydrogens is 318 g/mol. The predicted octanol–water partition coefficient (Wildman–Crippen LogP) is 3.79. The molecule has 0 aliphatic heterocycles. The van der Waals surface area contributed by atoms with E-state index in [1.165, 1.54) is 5.56 Å². The lowest BCUT2D eigenvalue weighted by atomic mass is 9.87. The number of carbonyl (C=O) groups excluding carboxylic acids is 1. The summed E-state index contributed by atoms with van der Waals surface area (Å²) in [5, 5.41) is 11.3. The van der Waals surface area contributed by atoms with Crippen LogP contribution in [0.25, 0.3) is 0 Å². The molecule has 0 fully saturated rings. The van der Waals surface area contributed by atoms with Crippen LogP contribution in [0.1, 0.15) is 48.4 Å². The fourth-order valence-corrected chi connectivity index (χ4v) is 3.47. The Morgan fingerprint density at radius 2 is 2.12 bits per heavy atom. The van der Waals surface area contributed by atoms with Crippen LogP contribution in [0.5, 0.6) is 0 Å². The normalized spacial score (nSPS) is 16.4. The minimum Gasteiger partial charge on any atom is -0.344 e. The molecule has 1 aliphatic rings. The lowest BCUT2D eigenvalue weighted by Gasteiger charge is -2.26. The van der Waals surface area contributed by atoms with Gasteiger partial charge in [0.15, 0.2) is 0 Å². The quantitative estimate of drug-likeness (QED) is 0.587. The molecule has 0 saturated heterocycles. The molecule has 1 aromatic carbocycles. The van der Waals surface area contributed by atoms with Gasteiger partial charge < -0.3 is 5.32 Å². The third-order valence-corrected chi connectivity index (χ3v) is 5.01. The molecule has 4 nitrogen and oxygen atoms in total. The van der Waals surface area contributed by atoms with E-state index in [9.17, 15) is 4.79 Å². The summed E-state index contributed by atoms with van der Waals surface area (Å²) in [6.07, 6.45) is 2.97. The minimum absolute atomic E-state index is 0. The fraction of sp³-hybridized carbons (Fsp3) is 0.316. The van der Waals surface area contributed by atoms with Crippen LogP contribution in [-0.4, -0.2) is 16.6 Å². The number of nitrogens with one attached hydrogen (secondary N) is 2. The molecule has 1 amide bonds. The van der Waals surface area contributed by atoms with Crippen LogP contribution < -0.4 is 5.32 Å². The Bertz CT molecular complexity index is 822. The van der Waals surface area contributed by atoms with Gasteiger partial charge in [-0.05, 0) is 55.9 Å². The van der Waals surface area contributed by atoms with Gasteiger partial charge in [0.25, 0.3) is 5.91 Å². The van der Waals surface area contributed by atoms with Gasteiger partial charge in [0.05, 0.1) is 6.04 Å². The van der Waals surface area contributed by atoms with Crippen LogP contribution >= 0.6 is 12.6 Å². The maximum Gasteiger partial charge on any atom is 0.271 e. The van der Waals surface area contributed by atoms with Crippen molar-refractivity contribution >= 4 is 24.2 Å². The molecule has 1 unspecified atom stereocenters. The van der Waals surface area contributed by atoms with Gasteiger partial charge in [0, 0.05) is 12.0 Å². The van der Waals surface area contributed by atoms with E-state index in [1.807, 2.05) is 32.0 Å². The summed E-state index contributed by atoms with van der Waals surface area (Å²) in [4.78, 5) is 17.5. The van der Waals surface area contributed by atoms with Crippen LogP contribution in [0.3, 0.4) is 0 Å². The van der Waals surface area contributed by atoms with E-state index in [-0.39, 0.29) is 13.2 Å². The Morgan fingerprint density at radius 3 is 2.92 bits per heavy atom. The third kappa shape index (κ3) is 3.22. The summed E-state index contributed by atoms with van der Waals surface area (Å²) in [7, 11) is 0. The molecule has 1 heterocycles. The van der Waals surface area contributed by atoms with Gasteiger partial charge in [-0.3, -0.25) is 15.2 Å². The van der Waals surface area contributed by atoms with Crippen molar-refractivity contribution in [3.8, 4) is 0 Å². The number of aryl methyl sites for hydroxylation is 3. The van der Waals surface area contributed by atoms with E-state index < -0.39 is 5.91 Å². The first-order valence-corrected chi connectivity index (χ1v) is 8.57. The Balaban J connectivity index is 0.00000225. The van der Waals surface area contributed by atoms with E-state index in [1.54, 1.807) is 0 Å². The number of aromatic nitrogens is 1. The highest BCUT2D eigenvalue weighted by Crippen LogP contribution is 2.29. The number of hydrogen-bond donors (Lipinski definition) is 3. The third-order valence-electron chi connectivity index (χ3n) is 4.45. The summed E-state index contributed by atoms with van der Waals surface area (Å²) in [5.41, 5.74) is 4.35. The van der Waals surface area contributed by atoms with Crippen LogP contribution in [0.2, 0.25) is 0 Å². The van der Waals surface area contributed by atoms with Crippen LogP contribution in [0.15, 0.2) is 35.2 Å². The van der Waals surface area contributed by atoms with Crippen molar-refractivity contribution in [3.63, 3.8) is 0 Å². The summed E-state index contributed by atoms with van der Waals surface area (Å²) >= 11 is 4.42. The van der Waals surface area contributed by atoms with E-state index in [2.05, 4.69) is 35.1 Å². The molecule has 1 aromatic heterocycles. The molecule has 126 valence electrons. The van der Waals surface area contributed by atoms with Gasteiger partial charge in [-0.2, -0.15) is 0 Å². The van der Waals surface area contributed by atoms with Crippen molar-refractivity contribution in [1.82, 2.24) is 10.3 Å². The zero-order chi connectivity index (χ0) is 17.3. The topological polar surface area (TPSA) is 65.8 Å². The van der Waals surface area contributed by atoms with Crippen molar-refractivity contribution in [2.75, 3.05) is 0 Å². The second-order valence-corrected chi connectivity index (χ2v) is 6.72. The molecule has 0 saturated carbocycles. The highest BCUT2D eigenvalue weighted by atomic mass is 32.1. The maximum absolute atomic E-state index is 12.6. The molecule has 5 heteroatoms. The second kappa shape index (κ2) is 6.77. The number of fused-ring (bicyclic) bond motifs is 1. The first-order valence-electron chi connectivity index (χ1n) is 8.12. The molecule has 24 heavy (non-hydrogen) atoms. The van der Waals surface area contributed by atoms with Gasteiger partial charge in [-0.1, -0.05) is 24.3 Å². The summed E-state index contributed by atoms with van der Waals surface area (Å²) in [6, 6.07) is 10.0. The number of nitrogens with zero attached hydrogens (tertiary/aromatic N) is 1. The first-order chi connectivity index (χ1) is 11.5. The molecule has 0 bridgehead atoms. The Morgan fingerprint density at radius 1 is 1.38 bits per heavy atom. The van der Waals surface area contributed by atoms with Crippen molar-refractivity contribution in [3.05, 3.63) is 58.4 Å². The number of hydrogen-bond acceptors (Lipinski definition) is 4. The van der Waals surface area contributed by atoms with Gasteiger partial charge in [-0.15, -0.1) is 12.6 Å². The number of rotatable bonds is 3. The van der Waals surface area contributed by atoms with E-state index in [0.717, 1.165) is 36.1 Å². The lowest BCUT2D eigenvalue weighted by molar-refractivity contribution is -0.115. The van der Waals surface area contributed by atoms with E-state index in [0.29, 0.717) is 10.6 Å². The molecule has 3 rings (SSSR count). The van der Waals surface area contributed by atoms with E-state index in [4.69, 9.17) is 5.41 Å². The fourth-order valence-electron chi connectivity index (χ4n) is 3.25. The zero-order valence-electron chi connectivity index (χ0n) is 13.9. The van der Waals surface area contributed by atoms with Gasteiger partial charge >= 0.3 is 0 Å². The first kappa shape index (κ1) is 16.7. The Kier molecular flexibility index (Phi) is 4.71. The van der Waals surface area contributed by atoms with Gasteiger partial charge in [0.2, 0.25) is 0 Å². The summed E-state index contributed by atoms with van der Waals surface area (Å²) in [5.74, 6) is -0.399. The summed E-state index contributed by atoms with van der Waals surface area (Å²) in [6.45, 7) is 3.76. The van der Waals surface area contributed by atoms with Crippen molar-refractivity contribution in [1.29, 1.82) is 5.41 Å².